The summed E-state index contributed by atoms with van der Waals surface area (Å²) in [5, 5.41) is 0. The van der Waals surface area contributed by atoms with Crippen LogP contribution in [-0.2, 0) is 13.1 Å². The van der Waals surface area contributed by atoms with Gasteiger partial charge in [-0.15, -0.1) is 22.7 Å². The Kier molecular flexibility index (Phi) is 5.70. The molecule has 0 bridgehead atoms. The maximum atomic E-state index is 11.5. The second-order valence-electron chi connectivity index (χ2n) is 8.52. The number of fused-ring (bicyclic) bond motifs is 3. The number of ether oxygens (including phenoxy) is 1. The van der Waals surface area contributed by atoms with Gasteiger partial charge in [0.25, 0.3) is 0 Å². The van der Waals surface area contributed by atoms with Crippen molar-refractivity contribution in [3.05, 3.63) is 42.1 Å². The Balaban J connectivity index is 1.46. The fraction of sp³-hybridized carbons (Fsp3) is 0.269. The molecule has 6 nitrogen and oxygen atoms in total. The van der Waals surface area contributed by atoms with Crippen molar-refractivity contribution in [1.29, 1.82) is 0 Å². The third-order valence-electron chi connectivity index (χ3n) is 6.34. The molecule has 0 unspecified atom stereocenters. The Morgan fingerprint density at radius 1 is 0.857 bits per heavy atom. The van der Waals surface area contributed by atoms with Crippen LogP contribution < -0.4 is 4.74 Å². The number of thiophene rings is 2. The molecule has 6 rings (SSSR count). The normalized spacial score (nSPS) is 11.9. The molecule has 0 saturated heterocycles. The first kappa shape index (κ1) is 22.5. The van der Waals surface area contributed by atoms with Crippen LogP contribution in [0.2, 0.25) is 0 Å². The van der Waals surface area contributed by atoms with E-state index in [1.807, 2.05) is 6.07 Å². The van der Waals surface area contributed by atoms with Crippen LogP contribution >= 0.6 is 34.4 Å². The van der Waals surface area contributed by atoms with E-state index in [1.54, 1.807) is 29.8 Å². The largest absolute Gasteiger partial charge is 0.482 e. The van der Waals surface area contributed by atoms with Crippen LogP contribution in [0.1, 0.15) is 37.2 Å². The number of hydrogen-bond acceptors (Lipinski definition) is 7. The number of hydrogen-bond donors (Lipinski definition) is 0. The first-order valence-electron chi connectivity index (χ1n) is 11.7. The second kappa shape index (κ2) is 8.89. The van der Waals surface area contributed by atoms with Gasteiger partial charge in [-0.25, -0.2) is 0 Å². The van der Waals surface area contributed by atoms with Crippen molar-refractivity contribution in [2.75, 3.05) is 7.11 Å². The van der Waals surface area contributed by atoms with Crippen LogP contribution in [0, 0.1) is 0 Å². The molecule has 0 atom stereocenters. The number of methoxy groups -OCH3 is 1. The van der Waals surface area contributed by atoms with Crippen molar-refractivity contribution in [2.24, 2.45) is 0 Å². The fourth-order valence-corrected chi connectivity index (χ4v) is 7.63. The minimum Gasteiger partial charge on any atom is -0.482 e. The lowest BCUT2D eigenvalue weighted by Gasteiger charge is -2.07. The Labute approximate surface area is 214 Å². The summed E-state index contributed by atoms with van der Waals surface area (Å²) in [6.07, 6.45) is 2.97. The molecule has 178 valence electrons. The molecule has 0 spiro atoms. The smallest absolute Gasteiger partial charge is 0.195 e. The van der Waals surface area contributed by atoms with Crippen molar-refractivity contribution in [1.82, 2.24) is 17.9 Å². The standard InChI is InChI=1S/C26H24N4O2S3/c1-4-8-29-15(14-31)10-22-18(29)11-20(33-22)16-6-7-17(26-25(16)27-35-28-26)21-12-19-23(34-21)13-24(32-3)30(19)9-5-2/h6-7,10-14H,4-5,8-9H2,1-3H3. The van der Waals surface area contributed by atoms with E-state index in [2.05, 4.69) is 53.3 Å². The van der Waals surface area contributed by atoms with E-state index < -0.39 is 0 Å². The summed E-state index contributed by atoms with van der Waals surface area (Å²) in [5.41, 5.74) is 7.13. The van der Waals surface area contributed by atoms with E-state index in [4.69, 9.17) is 13.5 Å². The highest BCUT2D eigenvalue weighted by atomic mass is 32.1. The fourth-order valence-electron chi connectivity index (χ4n) is 4.80. The van der Waals surface area contributed by atoms with Gasteiger partial charge in [-0.05, 0) is 31.0 Å². The summed E-state index contributed by atoms with van der Waals surface area (Å²) >= 11 is 4.73. The Morgan fingerprint density at radius 3 is 2.00 bits per heavy atom. The van der Waals surface area contributed by atoms with Crippen molar-refractivity contribution in [2.45, 2.75) is 39.8 Å². The molecule has 0 saturated carbocycles. The Hall–Kier alpha value is -3.01. The van der Waals surface area contributed by atoms with Crippen molar-refractivity contribution < 1.29 is 9.53 Å². The lowest BCUT2D eigenvalue weighted by atomic mass is 10.1. The maximum absolute atomic E-state index is 11.5. The van der Waals surface area contributed by atoms with Crippen molar-refractivity contribution in [3.63, 3.8) is 0 Å². The number of benzene rings is 1. The van der Waals surface area contributed by atoms with Gasteiger partial charge in [0.1, 0.15) is 11.0 Å². The summed E-state index contributed by atoms with van der Waals surface area (Å²) in [4.78, 5) is 13.9. The molecule has 0 N–H and O–H groups in total. The van der Waals surface area contributed by atoms with Crippen LogP contribution in [0.3, 0.4) is 0 Å². The zero-order valence-electron chi connectivity index (χ0n) is 19.7. The lowest BCUT2D eigenvalue weighted by molar-refractivity contribution is 0.111. The number of nitrogens with zero attached hydrogens (tertiary/aromatic N) is 4. The van der Waals surface area contributed by atoms with Crippen LogP contribution in [-0.4, -0.2) is 31.3 Å². The molecule has 6 aromatic rings. The van der Waals surface area contributed by atoms with Gasteiger partial charge in [0, 0.05) is 40.0 Å². The van der Waals surface area contributed by atoms with Crippen LogP contribution in [0.5, 0.6) is 5.88 Å². The van der Waals surface area contributed by atoms with Gasteiger partial charge < -0.3 is 13.9 Å². The Bertz CT molecular complexity index is 1700. The minimum atomic E-state index is 0.740. The molecule has 0 fully saturated rings. The van der Waals surface area contributed by atoms with Gasteiger partial charge in [0.2, 0.25) is 0 Å². The average molecular weight is 521 g/mol. The molecule has 35 heavy (non-hydrogen) atoms. The highest BCUT2D eigenvalue weighted by Gasteiger charge is 2.20. The molecular formula is C26H24N4O2S3. The van der Waals surface area contributed by atoms with Gasteiger partial charge in [-0.3, -0.25) is 4.79 Å². The molecular weight excluding hydrogens is 497 g/mol. The van der Waals surface area contributed by atoms with Gasteiger partial charge in [-0.1, -0.05) is 26.0 Å². The monoisotopic (exact) mass is 520 g/mol. The third-order valence-corrected chi connectivity index (χ3v) is 9.08. The quantitative estimate of drug-likeness (QED) is 0.193. The number of aromatic nitrogens is 4. The molecule has 0 aliphatic rings. The Morgan fingerprint density at radius 2 is 1.43 bits per heavy atom. The van der Waals surface area contributed by atoms with E-state index in [1.165, 1.54) is 26.8 Å². The van der Waals surface area contributed by atoms with Gasteiger partial charge in [0.05, 0.1) is 45.0 Å². The van der Waals surface area contributed by atoms with E-state index in [-0.39, 0.29) is 0 Å². The van der Waals surface area contributed by atoms with E-state index in [9.17, 15) is 4.79 Å². The zero-order chi connectivity index (χ0) is 24.1. The van der Waals surface area contributed by atoms with Gasteiger partial charge in [-0.2, -0.15) is 8.75 Å². The molecule has 0 amide bonds. The molecule has 9 heteroatoms. The SMILES string of the molecule is CCCn1c(C=O)cc2sc(-c3ccc(-c4cc5c(cc(OC)n5CCC)s4)c4nsnc34)cc21. The molecule has 0 aliphatic heterocycles. The molecule has 0 aliphatic carbocycles. The number of carbonyl (C=O) groups is 1. The topological polar surface area (TPSA) is 61.9 Å². The predicted octanol–water partition coefficient (Wildman–Crippen LogP) is 7.70. The summed E-state index contributed by atoms with van der Waals surface area (Å²) in [5.74, 6) is 0.908. The number of carbonyl (C=O) groups excluding carboxylic acids is 1. The highest BCUT2D eigenvalue weighted by Crippen LogP contribution is 2.43. The van der Waals surface area contributed by atoms with Gasteiger partial charge >= 0.3 is 0 Å². The lowest BCUT2D eigenvalue weighted by Crippen LogP contribution is -2.00. The van der Waals surface area contributed by atoms with Crippen molar-refractivity contribution in [3.8, 4) is 26.8 Å². The van der Waals surface area contributed by atoms with Crippen molar-refractivity contribution >= 4 is 72.2 Å². The summed E-state index contributed by atoms with van der Waals surface area (Å²) in [6, 6.07) is 12.9. The highest BCUT2D eigenvalue weighted by molar-refractivity contribution is 7.22. The maximum Gasteiger partial charge on any atom is 0.195 e. The summed E-state index contributed by atoms with van der Waals surface area (Å²) < 4.78 is 21.7. The summed E-state index contributed by atoms with van der Waals surface area (Å²) in [6.45, 7) is 6.06. The summed E-state index contributed by atoms with van der Waals surface area (Å²) in [7, 11) is 1.73. The number of aryl methyl sites for hydroxylation is 2. The molecule has 5 heterocycles. The van der Waals surface area contributed by atoms with E-state index in [0.717, 1.165) is 81.0 Å². The van der Waals surface area contributed by atoms with Gasteiger partial charge in [0.15, 0.2) is 12.2 Å². The van der Waals surface area contributed by atoms with E-state index in [0.29, 0.717) is 0 Å². The van der Waals surface area contributed by atoms with Crippen LogP contribution in [0.25, 0.3) is 52.3 Å². The first-order chi connectivity index (χ1) is 17.2. The molecule has 1 aromatic carbocycles. The molecule has 5 aromatic heterocycles. The third kappa shape index (κ3) is 3.52. The van der Waals surface area contributed by atoms with Crippen LogP contribution in [0.4, 0.5) is 0 Å². The molecule has 0 radical (unpaired) electrons. The van der Waals surface area contributed by atoms with Crippen LogP contribution in [0.15, 0.2) is 36.4 Å². The number of rotatable bonds is 8. The first-order valence-corrected chi connectivity index (χ1v) is 14.0. The predicted molar refractivity (Wildman–Crippen MR) is 148 cm³/mol. The minimum absolute atomic E-state index is 0.740. The zero-order valence-corrected chi connectivity index (χ0v) is 22.1. The second-order valence-corrected chi connectivity index (χ2v) is 11.2. The number of aldehydes is 1. The average Bonchev–Trinajstić information content (AvgIpc) is 3.66. The van der Waals surface area contributed by atoms with E-state index >= 15 is 0 Å².